The Morgan fingerprint density at radius 3 is 1.86 bits per heavy atom. The molecule has 0 saturated carbocycles. The van der Waals surface area contributed by atoms with Crippen LogP contribution in [0.4, 0.5) is 0 Å². The Kier molecular flexibility index (Phi) is 12.5. The summed E-state index contributed by atoms with van der Waals surface area (Å²) in [5.41, 5.74) is 1.52. The molecular weight excluding hydrogens is 336 g/mol. The number of hydrogen-bond acceptors (Lipinski definition) is 0. The molecule has 0 bridgehead atoms. The molecule has 28 heavy (non-hydrogen) atoms. The summed E-state index contributed by atoms with van der Waals surface area (Å²) in [4.78, 5) is 0. The van der Waals surface area contributed by atoms with E-state index in [1.165, 1.54) is 113 Å². The van der Waals surface area contributed by atoms with Crippen molar-refractivity contribution < 1.29 is 0 Å². The van der Waals surface area contributed by atoms with E-state index >= 15 is 0 Å². The van der Waals surface area contributed by atoms with E-state index in [0.717, 1.165) is 0 Å². The predicted molar refractivity (Wildman–Crippen MR) is 127 cm³/mol. The van der Waals surface area contributed by atoms with Gasteiger partial charge >= 0.3 is 0 Å². The summed E-state index contributed by atoms with van der Waals surface area (Å²) >= 11 is 0. The van der Waals surface area contributed by atoms with Gasteiger partial charge in [0.25, 0.3) is 0 Å². The second kappa shape index (κ2) is 15.4. The van der Waals surface area contributed by atoms with Crippen molar-refractivity contribution in [1.82, 2.24) is 0 Å². The number of hydrogen-bond donors (Lipinski definition) is 0. The molecule has 0 fully saturated rings. The number of rotatable bonds is 16. The van der Waals surface area contributed by atoms with E-state index in [2.05, 4.69) is 61.5 Å². The Bertz CT molecular complexity index is 647. The van der Waals surface area contributed by atoms with E-state index in [-0.39, 0.29) is 0 Å². The van der Waals surface area contributed by atoms with Crippen LogP contribution < -0.4 is 0 Å². The van der Waals surface area contributed by atoms with Crippen LogP contribution in [0.2, 0.25) is 0 Å². The van der Waals surface area contributed by atoms with Gasteiger partial charge in [-0.3, -0.25) is 0 Å². The van der Waals surface area contributed by atoms with E-state index in [9.17, 15) is 0 Å². The lowest BCUT2D eigenvalue weighted by molar-refractivity contribution is 0.581. The maximum atomic E-state index is 2.42. The summed E-state index contributed by atoms with van der Waals surface area (Å²) in [6, 6.07) is 15.5. The maximum absolute atomic E-state index is 2.42. The standard InChI is InChI=1S/C28H42/c1-2-3-4-5-6-7-8-9-10-11-12-13-14-15-16-17-21-26-23-20-24-27-22-18-19-25-28(26)27/h8-9,18-20,22-25H,2-7,10-17,21H2,1H3/b9-8+. The summed E-state index contributed by atoms with van der Waals surface area (Å²) in [7, 11) is 0. The zero-order valence-corrected chi connectivity index (χ0v) is 18.3. The molecule has 0 aromatic heterocycles. The second-order valence-corrected chi connectivity index (χ2v) is 8.33. The van der Waals surface area contributed by atoms with Crippen LogP contribution in [0.5, 0.6) is 0 Å². The van der Waals surface area contributed by atoms with E-state index < -0.39 is 0 Å². The number of benzene rings is 2. The molecule has 0 unspecified atom stereocenters. The lowest BCUT2D eigenvalue weighted by Crippen LogP contribution is -1.88. The lowest BCUT2D eigenvalue weighted by Gasteiger charge is -2.06. The van der Waals surface area contributed by atoms with Gasteiger partial charge in [-0.25, -0.2) is 0 Å². The first kappa shape index (κ1) is 22.7. The Labute approximate surface area is 174 Å². The normalized spacial score (nSPS) is 11.6. The minimum atomic E-state index is 1.23. The van der Waals surface area contributed by atoms with Crippen molar-refractivity contribution in [3.8, 4) is 0 Å². The molecule has 2 rings (SSSR count). The second-order valence-electron chi connectivity index (χ2n) is 8.33. The molecule has 2 aromatic rings. The third-order valence-corrected chi connectivity index (χ3v) is 5.84. The van der Waals surface area contributed by atoms with E-state index in [0.29, 0.717) is 0 Å². The third kappa shape index (κ3) is 9.58. The van der Waals surface area contributed by atoms with Crippen molar-refractivity contribution in [2.24, 2.45) is 0 Å². The number of aryl methyl sites for hydroxylation is 1. The highest BCUT2D eigenvalue weighted by molar-refractivity contribution is 5.85. The van der Waals surface area contributed by atoms with Crippen molar-refractivity contribution >= 4 is 10.8 Å². The first-order chi connectivity index (χ1) is 13.9. The van der Waals surface area contributed by atoms with Gasteiger partial charge in [-0.05, 0) is 54.9 Å². The minimum Gasteiger partial charge on any atom is -0.0885 e. The molecule has 0 saturated heterocycles. The van der Waals surface area contributed by atoms with Crippen molar-refractivity contribution in [2.75, 3.05) is 0 Å². The van der Waals surface area contributed by atoms with Crippen LogP contribution >= 0.6 is 0 Å². The van der Waals surface area contributed by atoms with Gasteiger partial charge in [0.2, 0.25) is 0 Å². The summed E-state index contributed by atoms with van der Waals surface area (Å²) < 4.78 is 0. The first-order valence-electron chi connectivity index (χ1n) is 12.0. The molecule has 0 atom stereocenters. The average Bonchev–Trinajstić information content (AvgIpc) is 2.73. The van der Waals surface area contributed by atoms with Crippen LogP contribution in [0.1, 0.15) is 102 Å². The number of unbranched alkanes of at least 4 members (excludes halogenated alkanes) is 12. The van der Waals surface area contributed by atoms with Gasteiger partial charge in [0.1, 0.15) is 0 Å². The van der Waals surface area contributed by atoms with Gasteiger partial charge in [-0.2, -0.15) is 0 Å². The molecule has 0 radical (unpaired) electrons. The largest absolute Gasteiger partial charge is 0.0885 e. The molecule has 2 aromatic carbocycles. The zero-order valence-electron chi connectivity index (χ0n) is 18.3. The van der Waals surface area contributed by atoms with Gasteiger partial charge in [0, 0.05) is 0 Å². The molecule has 0 amide bonds. The topological polar surface area (TPSA) is 0 Å². The van der Waals surface area contributed by atoms with Crippen LogP contribution in [0.3, 0.4) is 0 Å². The molecule has 0 nitrogen and oxygen atoms in total. The summed E-state index contributed by atoms with van der Waals surface area (Å²) in [5, 5.41) is 2.82. The van der Waals surface area contributed by atoms with Crippen LogP contribution in [0.15, 0.2) is 54.6 Å². The van der Waals surface area contributed by atoms with Gasteiger partial charge in [0.15, 0.2) is 0 Å². The van der Waals surface area contributed by atoms with Crippen LogP contribution in [-0.2, 0) is 6.42 Å². The third-order valence-electron chi connectivity index (χ3n) is 5.84. The number of fused-ring (bicyclic) bond motifs is 1. The SMILES string of the molecule is CCCCCCC/C=C/CCCCCCCCCc1cccc2ccccc12. The molecule has 0 aliphatic carbocycles. The Morgan fingerprint density at radius 1 is 0.571 bits per heavy atom. The molecule has 0 spiro atoms. The quantitative estimate of drug-likeness (QED) is 0.201. The van der Waals surface area contributed by atoms with Crippen molar-refractivity contribution in [2.45, 2.75) is 103 Å². The molecule has 0 N–H and O–H groups in total. The minimum absolute atomic E-state index is 1.23. The van der Waals surface area contributed by atoms with Crippen molar-refractivity contribution in [3.05, 3.63) is 60.2 Å². The van der Waals surface area contributed by atoms with Crippen LogP contribution in [-0.4, -0.2) is 0 Å². The highest BCUT2D eigenvalue weighted by atomic mass is 14.0. The van der Waals surface area contributed by atoms with Crippen LogP contribution in [0.25, 0.3) is 10.8 Å². The highest BCUT2D eigenvalue weighted by Crippen LogP contribution is 2.20. The molecule has 154 valence electrons. The molecule has 0 aliphatic rings. The molecule has 0 heteroatoms. The molecule has 0 heterocycles. The lowest BCUT2D eigenvalue weighted by atomic mass is 9.99. The summed E-state index contributed by atoms with van der Waals surface area (Å²) in [6.07, 6.45) is 25.3. The van der Waals surface area contributed by atoms with Gasteiger partial charge in [-0.1, -0.05) is 119 Å². The Hall–Kier alpha value is -1.56. The summed E-state index contributed by atoms with van der Waals surface area (Å²) in [5.74, 6) is 0. The van der Waals surface area contributed by atoms with Gasteiger partial charge in [-0.15, -0.1) is 0 Å². The summed E-state index contributed by atoms with van der Waals surface area (Å²) in [6.45, 7) is 2.28. The maximum Gasteiger partial charge on any atom is -0.0152 e. The van der Waals surface area contributed by atoms with E-state index in [4.69, 9.17) is 0 Å². The van der Waals surface area contributed by atoms with E-state index in [1.54, 1.807) is 0 Å². The van der Waals surface area contributed by atoms with Crippen molar-refractivity contribution in [3.63, 3.8) is 0 Å². The Balaban J connectivity index is 1.41. The fourth-order valence-corrected chi connectivity index (χ4v) is 4.07. The van der Waals surface area contributed by atoms with Gasteiger partial charge in [0.05, 0.1) is 0 Å². The Morgan fingerprint density at radius 2 is 1.14 bits per heavy atom. The van der Waals surface area contributed by atoms with E-state index in [1.807, 2.05) is 0 Å². The fourth-order valence-electron chi connectivity index (χ4n) is 4.07. The monoisotopic (exact) mass is 378 g/mol. The molecule has 0 aliphatic heterocycles. The zero-order chi connectivity index (χ0) is 19.7. The predicted octanol–water partition coefficient (Wildman–Crippen LogP) is 9.42. The first-order valence-corrected chi connectivity index (χ1v) is 12.0. The number of allylic oxidation sites excluding steroid dienone is 2. The van der Waals surface area contributed by atoms with Gasteiger partial charge < -0.3 is 0 Å². The molecular formula is C28H42. The highest BCUT2D eigenvalue weighted by Gasteiger charge is 2.00. The smallest absolute Gasteiger partial charge is 0.0152 e. The fraction of sp³-hybridized carbons (Fsp3) is 0.571. The average molecular weight is 379 g/mol. The van der Waals surface area contributed by atoms with Crippen molar-refractivity contribution in [1.29, 1.82) is 0 Å². The van der Waals surface area contributed by atoms with Crippen LogP contribution in [0, 0.1) is 0 Å².